The van der Waals surface area contributed by atoms with Gasteiger partial charge in [-0.25, -0.2) is 4.79 Å². The molecule has 4 aliphatic carbocycles. The number of ether oxygens (including phenoxy) is 1. The fraction of sp³-hybridized carbons (Fsp3) is 0.848. The minimum absolute atomic E-state index is 0.173. The van der Waals surface area contributed by atoms with Crippen LogP contribution < -0.4 is 11.1 Å². The van der Waals surface area contributed by atoms with Crippen LogP contribution in [-0.2, 0) is 28.7 Å². The number of carbonyl (C=O) groups excluding carboxylic acids is 2. The molecule has 0 saturated heterocycles. The third-order valence-electron chi connectivity index (χ3n) is 12.5. The highest BCUT2D eigenvalue weighted by atomic mass is 16.5. The van der Waals surface area contributed by atoms with Gasteiger partial charge < -0.3 is 31.1 Å². The van der Waals surface area contributed by atoms with E-state index in [2.05, 4.69) is 26.1 Å². The Balaban J connectivity index is 1.29. The first-order valence-electron chi connectivity index (χ1n) is 16.6. The van der Waals surface area contributed by atoms with Gasteiger partial charge in [-0.15, -0.1) is 0 Å². The molecule has 6 N–H and O–H groups in total. The number of nitrogens with two attached hydrogens (primary N) is 1. The van der Waals surface area contributed by atoms with Crippen molar-refractivity contribution in [3.8, 4) is 0 Å². The monoisotopic (exact) mass is 620 g/mol. The minimum Gasteiger partial charge on any atom is -0.481 e. The average Bonchev–Trinajstić information content (AvgIpc) is 3.30. The van der Waals surface area contributed by atoms with Crippen molar-refractivity contribution in [3.05, 3.63) is 0 Å². The van der Waals surface area contributed by atoms with Gasteiger partial charge in [0.2, 0.25) is 5.91 Å². The molecule has 0 radical (unpaired) electrons. The van der Waals surface area contributed by atoms with Crippen molar-refractivity contribution in [1.29, 1.82) is 0 Å². The van der Waals surface area contributed by atoms with E-state index >= 15 is 0 Å². The summed E-state index contributed by atoms with van der Waals surface area (Å²) in [7, 11) is 0. The zero-order valence-electron chi connectivity index (χ0n) is 26.5. The number of carboxylic acids is 3. The van der Waals surface area contributed by atoms with Crippen LogP contribution in [0, 0.1) is 46.3 Å². The molecule has 0 aliphatic heterocycles. The first-order valence-corrected chi connectivity index (χ1v) is 16.6. The quantitative estimate of drug-likeness (QED) is 0.186. The number of aliphatic carboxylic acids is 3. The predicted molar refractivity (Wildman–Crippen MR) is 160 cm³/mol. The molecule has 0 aromatic rings. The van der Waals surface area contributed by atoms with Crippen molar-refractivity contribution in [2.75, 3.05) is 0 Å². The van der Waals surface area contributed by atoms with Gasteiger partial charge in [0.1, 0.15) is 12.1 Å². The lowest BCUT2D eigenvalue weighted by Crippen LogP contribution is -2.54. The van der Waals surface area contributed by atoms with Gasteiger partial charge in [-0.3, -0.25) is 19.2 Å². The summed E-state index contributed by atoms with van der Waals surface area (Å²) in [6.45, 7) is 7.19. The molecule has 0 aromatic carbocycles. The lowest BCUT2D eigenvalue weighted by molar-refractivity contribution is -0.163. The molecule has 4 aliphatic rings. The van der Waals surface area contributed by atoms with Crippen LogP contribution in [0.15, 0.2) is 0 Å². The molecular formula is C33H52N2O9. The zero-order chi connectivity index (χ0) is 32.4. The topological polar surface area (TPSA) is 193 Å². The smallest absolute Gasteiger partial charge is 0.326 e. The summed E-state index contributed by atoms with van der Waals surface area (Å²) in [4.78, 5) is 58.5. The van der Waals surface area contributed by atoms with Crippen molar-refractivity contribution in [3.63, 3.8) is 0 Å². The average molecular weight is 621 g/mol. The molecule has 0 heterocycles. The number of hydrogen-bond acceptors (Lipinski definition) is 7. The Hall–Kier alpha value is -2.69. The van der Waals surface area contributed by atoms with E-state index < -0.39 is 48.3 Å². The van der Waals surface area contributed by atoms with Gasteiger partial charge in [0.25, 0.3) is 0 Å². The fourth-order valence-electron chi connectivity index (χ4n) is 10.2. The number of fused-ring (bicyclic) bond motifs is 5. The van der Waals surface area contributed by atoms with E-state index in [-0.39, 0.29) is 36.2 Å². The second-order valence-corrected chi connectivity index (χ2v) is 14.8. The van der Waals surface area contributed by atoms with Crippen LogP contribution in [0.4, 0.5) is 0 Å². The van der Waals surface area contributed by atoms with Crippen LogP contribution in [0.2, 0.25) is 0 Å². The third kappa shape index (κ3) is 7.23. The highest BCUT2D eigenvalue weighted by molar-refractivity contribution is 5.89. The maximum Gasteiger partial charge on any atom is 0.326 e. The fourth-order valence-corrected chi connectivity index (χ4v) is 10.2. The molecule has 0 bridgehead atoms. The van der Waals surface area contributed by atoms with E-state index in [0.717, 1.165) is 32.1 Å². The van der Waals surface area contributed by atoms with E-state index in [1.807, 2.05) is 0 Å². The van der Waals surface area contributed by atoms with Gasteiger partial charge in [0.05, 0.1) is 12.5 Å². The standard InChI is InChI=1S/C33H52N2O9/c1-18(4-10-27(36)37)22-7-8-23-21-6-5-19-16-20(12-14-32(19,2)24(21)13-15-33(22,23)3)44-29(40)11-9-26(31(42)43)35-30(41)25(34)17-28(38)39/h18-26H,4-17,34H2,1-3H3,(H,35,41)(H,36,37)(H,38,39)(H,42,43)/t18-,19-,20-,21+,22-,23+,24+,25+,26+,32+,33-/m1/s1. The normalized spacial score (nSPS) is 36.5. The lowest BCUT2D eigenvalue weighted by atomic mass is 9.44. The number of rotatable bonds is 13. The second kappa shape index (κ2) is 13.7. The summed E-state index contributed by atoms with van der Waals surface area (Å²) in [6.07, 6.45) is 9.53. The Morgan fingerprint density at radius 2 is 1.55 bits per heavy atom. The maximum absolute atomic E-state index is 12.7. The molecule has 44 heavy (non-hydrogen) atoms. The van der Waals surface area contributed by atoms with Gasteiger partial charge in [-0.2, -0.15) is 0 Å². The predicted octanol–water partition coefficient (Wildman–Crippen LogP) is 4.21. The maximum atomic E-state index is 12.7. The first kappa shape index (κ1) is 34.2. The largest absolute Gasteiger partial charge is 0.481 e. The molecule has 11 nitrogen and oxygen atoms in total. The number of nitrogens with one attached hydrogen (secondary N) is 1. The lowest BCUT2D eigenvalue weighted by Gasteiger charge is -2.61. The van der Waals surface area contributed by atoms with Crippen LogP contribution in [0.25, 0.3) is 0 Å². The molecule has 0 aromatic heterocycles. The second-order valence-electron chi connectivity index (χ2n) is 14.8. The molecule has 11 atom stereocenters. The molecule has 248 valence electrons. The van der Waals surface area contributed by atoms with Crippen molar-refractivity contribution in [2.45, 2.75) is 129 Å². The number of esters is 1. The summed E-state index contributed by atoms with van der Waals surface area (Å²) < 4.78 is 5.83. The SMILES string of the molecule is C[C@H](CCC(=O)O)[C@H]1CC[C@H]2[C@@H]3CC[C@@H]4C[C@H](OC(=O)CC[C@H](NC(=O)[C@@H](N)CC(=O)O)C(=O)O)CC[C@]4(C)[C@H]3CC[C@]12C. The van der Waals surface area contributed by atoms with Crippen molar-refractivity contribution < 1.29 is 44.0 Å². The van der Waals surface area contributed by atoms with Crippen molar-refractivity contribution >= 4 is 29.8 Å². The Morgan fingerprint density at radius 1 is 0.864 bits per heavy atom. The highest BCUT2D eigenvalue weighted by Crippen LogP contribution is 2.68. The minimum atomic E-state index is -1.38. The van der Waals surface area contributed by atoms with Gasteiger partial charge >= 0.3 is 23.9 Å². The third-order valence-corrected chi connectivity index (χ3v) is 12.5. The summed E-state index contributed by atoms with van der Waals surface area (Å²) >= 11 is 0. The number of amides is 1. The van der Waals surface area contributed by atoms with Crippen LogP contribution in [0.1, 0.15) is 111 Å². The number of carboxylic acid groups (broad SMARTS) is 3. The van der Waals surface area contributed by atoms with E-state index in [4.69, 9.17) is 15.6 Å². The molecule has 0 spiro atoms. The summed E-state index contributed by atoms with van der Waals surface area (Å²) in [5, 5.41) is 29.7. The van der Waals surface area contributed by atoms with E-state index in [1.165, 1.54) is 32.1 Å². The highest BCUT2D eigenvalue weighted by Gasteiger charge is 2.60. The molecule has 0 unspecified atom stereocenters. The van der Waals surface area contributed by atoms with E-state index in [1.54, 1.807) is 0 Å². The molecule has 4 rings (SSSR count). The van der Waals surface area contributed by atoms with E-state index in [0.29, 0.717) is 35.5 Å². The summed E-state index contributed by atoms with van der Waals surface area (Å²) in [5.41, 5.74) is 6.01. The van der Waals surface area contributed by atoms with Gasteiger partial charge in [-0.1, -0.05) is 20.8 Å². The number of carbonyl (C=O) groups is 5. The zero-order valence-corrected chi connectivity index (χ0v) is 26.5. The van der Waals surface area contributed by atoms with Crippen molar-refractivity contribution in [2.24, 2.45) is 52.1 Å². The Morgan fingerprint density at radius 3 is 2.20 bits per heavy atom. The van der Waals surface area contributed by atoms with Crippen LogP contribution in [0.5, 0.6) is 0 Å². The van der Waals surface area contributed by atoms with Crippen LogP contribution in [-0.4, -0.2) is 63.3 Å². The van der Waals surface area contributed by atoms with Crippen LogP contribution in [0.3, 0.4) is 0 Å². The first-order chi connectivity index (χ1) is 20.7. The molecule has 1 amide bonds. The molecule has 11 heteroatoms. The van der Waals surface area contributed by atoms with Gasteiger partial charge in [0, 0.05) is 12.8 Å². The summed E-state index contributed by atoms with van der Waals surface area (Å²) in [5.74, 6) is -1.18. The van der Waals surface area contributed by atoms with Crippen molar-refractivity contribution in [1.82, 2.24) is 5.32 Å². The summed E-state index contributed by atoms with van der Waals surface area (Å²) in [6, 6.07) is -2.75. The molecule has 4 fully saturated rings. The Kier molecular flexibility index (Phi) is 10.7. The molecule has 4 saturated carbocycles. The Bertz CT molecular complexity index is 1110. The van der Waals surface area contributed by atoms with Crippen LogP contribution >= 0.6 is 0 Å². The van der Waals surface area contributed by atoms with Gasteiger partial charge in [0.15, 0.2) is 0 Å². The Labute approximate surface area is 260 Å². The molecular weight excluding hydrogens is 568 g/mol. The van der Waals surface area contributed by atoms with E-state index in [9.17, 15) is 34.2 Å². The number of hydrogen-bond donors (Lipinski definition) is 5. The van der Waals surface area contributed by atoms with Gasteiger partial charge in [-0.05, 0) is 117 Å².